The number of pyridine rings is 1. The molecule has 0 spiro atoms. The Morgan fingerprint density at radius 1 is 1.55 bits per heavy atom. The molecule has 2 amide bonds. The number of amides is 2. The van der Waals surface area contributed by atoms with Crippen LogP contribution >= 0.6 is 15.9 Å². The van der Waals surface area contributed by atoms with Crippen molar-refractivity contribution < 1.29 is 9.59 Å². The molecule has 0 aliphatic carbocycles. The van der Waals surface area contributed by atoms with Crippen molar-refractivity contribution in [3.8, 4) is 0 Å². The van der Waals surface area contributed by atoms with Gasteiger partial charge in [-0.05, 0) is 40.9 Å². The number of halogens is 1. The van der Waals surface area contributed by atoms with Gasteiger partial charge in [0.15, 0.2) is 5.65 Å². The van der Waals surface area contributed by atoms with Gasteiger partial charge in [-0.3, -0.25) is 14.0 Å². The van der Waals surface area contributed by atoms with Crippen LogP contribution in [-0.4, -0.2) is 38.7 Å². The first-order valence-electron chi connectivity index (χ1n) is 7.33. The van der Waals surface area contributed by atoms with E-state index in [9.17, 15) is 9.59 Å². The highest BCUT2D eigenvalue weighted by molar-refractivity contribution is 9.10. The molecule has 2 aromatic heterocycles. The van der Waals surface area contributed by atoms with Crippen LogP contribution in [0.5, 0.6) is 0 Å². The second-order valence-electron chi connectivity index (χ2n) is 5.30. The molecule has 1 fully saturated rings. The van der Waals surface area contributed by atoms with Gasteiger partial charge in [0.2, 0.25) is 11.8 Å². The molecule has 1 aliphatic heterocycles. The molecule has 0 radical (unpaired) electrons. The second-order valence-corrected chi connectivity index (χ2v) is 6.15. The summed E-state index contributed by atoms with van der Waals surface area (Å²) in [5.74, 6) is 0.494. The summed E-state index contributed by atoms with van der Waals surface area (Å²) >= 11 is 3.43. The van der Waals surface area contributed by atoms with Crippen LogP contribution in [0.25, 0.3) is 5.65 Å². The number of anilines is 1. The van der Waals surface area contributed by atoms with Gasteiger partial charge in [-0.1, -0.05) is 6.92 Å². The first kappa shape index (κ1) is 15.0. The summed E-state index contributed by atoms with van der Waals surface area (Å²) in [6.45, 7) is 2.57. The largest absolute Gasteiger partial charge is 0.331 e. The second kappa shape index (κ2) is 6.08. The molecule has 116 valence electrons. The van der Waals surface area contributed by atoms with Crippen molar-refractivity contribution in [3.05, 3.63) is 29.0 Å². The van der Waals surface area contributed by atoms with Crippen LogP contribution in [0.3, 0.4) is 0 Å². The van der Waals surface area contributed by atoms with Gasteiger partial charge >= 0.3 is 0 Å². The van der Waals surface area contributed by atoms with Crippen LogP contribution in [0, 0.1) is 0 Å². The highest BCUT2D eigenvalue weighted by atomic mass is 79.9. The monoisotopic (exact) mass is 364 g/mol. The predicted octanol–water partition coefficient (Wildman–Crippen LogP) is 2.44. The number of nitrogens with zero attached hydrogens (tertiary/aromatic N) is 3. The lowest BCUT2D eigenvalue weighted by Gasteiger charge is -2.25. The fourth-order valence-electron chi connectivity index (χ4n) is 2.82. The number of aromatic nitrogens is 2. The lowest BCUT2D eigenvalue weighted by atomic mass is 10.2. The minimum atomic E-state index is -0.423. The van der Waals surface area contributed by atoms with Gasteiger partial charge in [-0.25, -0.2) is 4.98 Å². The Morgan fingerprint density at radius 2 is 2.36 bits per heavy atom. The average molecular weight is 365 g/mol. The van der Waals surface area contributed by atoms with E-state index in [2.05, 4.69) is 26.2 Å². The molecule has 0 aromatic carbocycles. The zero-order valence-corrected chi connectivity index (χ0v) is 13.8. The van der Waals surface area contributed by atoms with Gasteiger partial charge < -0.3 is 10.2 Å². The molecule has 1 N–H and O–H groups in total. The maximum absolute atomic E-state index is 12.5. The third kappa shape index (κ3) is 2.61. The van der Waals surface area contributed by atoms with Gasteiger partial charge in [0.25, 0.3) is 0 Å². The van der Waals surface area contributed by atoms with E-state index in [1.54, 1.807) is 15.5 Å². The number of carbonyl (C=O) groups excluding carboxylic acids is 2. The Balaban J connectivity index is 1.83. The normalized spacial score (nSPS) is 16.3. The Kier molecular flexibility index (Phi) is 4.15. The molecule has 3 rings (SSSR count). The topological polar surface area (TPSA) is 66.7 Å². The van der Waals surface area contributed by atoms with Crippen molar-refractivity contribution in [3.63, 3.8) is 0 Å². The zero-order chi connectivity index (χ0) is 15.7. The standard InChI is InChI=1S/C15H17BrN4O2/c1-2-11(19-7-4-6-13(19)21)15(22)18-12-9-17-14-10(16)5-3-8-20(12)14/h3,5,8-9,11H,2,4,6-7H2,1H3,(H,18,22). The minimum absolute atomic E-state index is 0.0582. The molecule has 22 heavy (non-hydrogen) atoms. The summed E-state index contributed by atoms with van der Waals surface area (Å²) in [7, 11) is 0. The van der Waals surface area contributed by atoms with Crippen LogP contribution in [0.15, 0.2) is 29.0 Å². The van der Waals surface area contributed by atoms with E-state index in [0.717, 1.165) is 16.5 Å². The summed E-state index contributed by atoms with van der Waals surface area (Å²) in [4.78, 5) is 30.4. The van der Waals surface area contributed by atoms with Crippen LogP contribution in [-0.2, 0) is 9.59 Å². The van der Waals surface area contributed by atoms with Crippen molar-refractivity contribution in [1.82, 2.24) is 14.3 Å². The lowest BCUT2D eigenvalue weighted by Crippen LogP contribution is -2.44. The Labute approximate surface area is 136 Å². The summed E-state index contributed by atoms with van der Waals surface area (Å²) < 4.78 is 2.66. The fourth-order valence-corrected chi connectivity index (χ4v) is 3.27. The van der Waals surface area contributed by atoms with Crippen molar-refractivity contribution in [2.45, 2.75) is 32.2 Å². The van der Waals surface area contributed by atoms with E-state index >= 15 is 0 Å². The number of hydrogen-bond acceptors (Lipinski definition) is 3. The smallest absolute Gasteiger partial charge is 0.248 e. The number of hydrogen-bond donors (Lipinski definition) is 1. The molecule has 2 aromatic rings. The first-order valence-corrected chi connectivity index (χ1v) is 8.13. The molecule has 1 unspecified atom stereocenters. The van der Waals surface area contributed by atoms with E-state index in [1.807, 2.05) is 25.3 Å². The summed E-state index contributed by atoms with van der Waals surface area (Å²) in [5.41, 5.74) is 0.739. The highest BCUT2D eigenvalue weighted by Gasteiger charge is 2.31. The molecule has 1 aliphatic rings. The molecular formula is C15H17BrN4O2. The number of rotatable bonds is 4. The van der Waals surface area contributed by atoms with E-state index < -0.39 is 6.04 Å². The van der Waals surface area contributed by atoms with Gasteiger partial charge in [-0.2, -0.15) is 0 Å². The average Bonchev–Trinajstić information content (AvgIpc) is 3.09. The SMILES string of the molecule is CCC(C(=O)Nc1cnc2c(Br)cccn12)N1CCCC1=O. The van der Waals surface area contributed by atoms with Crippen molar-refractivity contribution >= 4 is 39.2 Å². The molecule has 1 saturated heterocycles. The van der Waals surface area contributed by atoms with Crippen molar-refractivity contribution in [2.75, 3.05) is 11.9 Å². The maximum atomic E-state index is 12.5. The van der Waals surface area contributed by atoms with Gasteiger partial charge in [0, 0.05) is 19.2 Å². The fraction of sp³-hybridized carbons (Fsp3) is 0.400. The molecule has 0 saturated carbocycles. The van der Waals surface area contributed by atoms with E-state index in [-0.39, 0.29) is 11.8 Å². The molecule has 3 heterocycles. The van der Waals surface area contributed by atoms with E-state index in [1.165, 1.54) is 0 Å². The van der Waals surface area contributed by atoms with Crippen LogP contribution in [0.4, 0.5) is 5.82 Å². The van der Waals surface area contributed by atoms with Crippen LogP contribution < -0.4 is 5.32 Å². The number of carbonyl (C=O) groups is 2. The predicted molar refractivity (Wildman–Crippen MR) is 86.5 cm³/mol. The van der Waals surface area contributed by atoms with E-state index in [0.29, 0.717) is 25.2 Å². The highest BCUT2D eigenvalue weighted by Crippen LogP contribution is 2.21. The summed E-state index contributed by atoms with van der Waals surface area (Å²) in [5, 5.41) is 2.89. The molecule has 0 bridgehead atoms. The van der Waals surface area contributed by atoms with Crippen molar-refractivity contribution in [2.24, 2.45) is 0 Å². The number of imidazole rings is 1. The van der Waals surface area contributed by atoms with Crippen LogP contribution in [0.2, 0.25) is 0 Å². The molecule has 6 nitrogen and oxygen atoms in total. The lowest BCUT2D eigenvalue weighted by molar-refractivity contribution is -0.135. The van der Waals surface area contributed by atoms with Gasteiger partial charge in [-0.15, -0.1) is 0 Å². The third-order valence-corrected chi connectivity index (χ3v) is 4.53. The quantitative estimate of drug-likeness (QED) is 0.905. The zero-order valence-electron chi connectivity index (χ0n) is 12.3. The van der Waals surface area contributed by atoms with E-state index in [4.69, 9.17) is 0 Å². The molecule has 1 atom stereocenters. The number of fused-ring (bicyclic) bond motifs is 1. The maximum Gasteiger partial charge on any atom is 0.248 e. The Hall–Kier alpha value is -1.89. The molecular weight excluding hydrogens is 348 g/mol. The Bertz CT molecular complexity index is 727. The number of nitrogens with one attached hydrogen (secondary N) is 1. The third-order valence-electron chi connectivity index (χ3n) is 3.91. The summed E-state index contributed by atoms with van der Waals surface area (Å²) in [6, 6.07) is 3.34. The Morgan fingerprint density at radius 3 is 3.05 bits per heavy atom. The van der Waals surface area contributed by atoms with Gasteiger partial charge in [0.1, 0.15) is 11.9 Å². The van der Waals surface area contributed by atoms with Gasteiger partial charge in [0.05, 0.1) is 10.7 Å². The van der Waals surface area contributed by atoms with Crippen LogP contribution in [0.1, 0.15) is 26.2 Å². The first-order chi connectivity index (χ1) is 10.6. The summed E-state index contributed by atoms with van der Waals surface area (Å²) in [6.07, 6.45) is 5.41. The minimum Gasteiger partial charge on any atom is -0.331 e. The van der Waals surface area contributed by atoms with Crippen molar-refractivity contribution in [1.29, 1.82) is 0 Å². The number of likely N-dealkylation sites (tertiary alicyclic amines) is 1. The molecule has 7 heteroatoms.